The quantitative estimate of drug-likeness (QED) is 0.500. The highest BCUT2D eigenvalue weighted by Crippen LogP contribution is 2.18. The Kier molecular flexibility index (Phi) is 3.55. The van der Waals surface area contributed by atoms with Crippen molar-refractivity contribution < 1.29 is 9.90 Å². The lowest BCUT2D eigenvalue weighted by molar-refractivity contribution is 0.0776. The molecule has 1 atom stereocenters. The Balaban J connectivity index is 2.09. The molecule has 1 saturated heterocycles. The highest BCUT2D eigenvalue weighted by atomic mass is 16.3. The molecular formula is C11H16N4O2. The predicted octanol–water partition coefficient (Wildman–Crippen LogP) is -0.178. The van der Waals surface area contributed by atoms with Gasteiger partial charge in [0.25, 0.3) is 5.91 Å². The van der Waals surface area contributed by atoms with Gasteiger partial charge in [0.15, 0.2) is 0 Å². The fourth-order valence-corrected chi connectivity index (χ4v) is 1.97. The molecular weight excluding hydrogens is 220 g/mol. The molecule has 1 aliphatic heterocycles. The van der Waals surface area contributed by atoms with E-state index in [1.165, 1.54) is 0 Å². The van der Waals surface area contributed by atoms with Crippen LogP contribution in [0.4, 0.5) is 5.69 Å². The van der Waals surface area contributed by atoms with E-state index in [4.69, 9.17) is 10.9 Å². The first-order valence-electron chi connectivity index (χ1n) is 5.57. The number of hydrogen-bond acceptors (Lipinski definition) is 5. The van der Waals surface area contributed by atoms with E-state index in [-0.39, 0.29) is 18.4 Å². The highest BCUT2D eigenvalue weighted by Gasteiger charge is 2.27. The van der Waals surface area contributed by atoms with Crippen molar-refractivity contribution in [2.24, 2.45) is 11.8 Å². The average molecular weight is 236 g/mol. The summed E-state index contributed by atoms with van der Waals surface area (Å²) >= 11 is 0. The van der Waals surface area contributed by atoms with E-state index in [9.17, 15) is 4.79 Å². The summed E-state index contributed by atoms with van der Waals surface area (Å²) in [5, 5.41) is 9.04. The molecule has 6 heteroatoms. The molecule has 0 bridgehead atoms. The normalized spacial score (nSPS) is 19.4. The van der Waals surface area contributed by atoms with E-state index in [0.717, 1.165) is 6.42 Å². The average Bonchev–Trinajstić information content (AvgIpc) is 2.86. The van der Waals surface area contributed by atoms with E-state index in [1.807, 2.05) is 0 Å². The van der Waals surface area contributed by atoms with Crippen molar-refractivity contribution >= 4 is 11.6 Å². The van der Waals surface area contributed by atoms with Crippen molar-refractivity contribution in [2.75, 3.05) is 25.1 Å². The summed E-state index contributed by atoms with van der Waals surface area (Å²) in [7, 11) is 0. The molecule has 2 heterocycles. The van der Waals surface area contributed by atoms with E-state index >= 15 is 0 Å². The van der Waals surface area contributed by atoms with Gasteiger partial charge in [-0.15, -0.1) is 0 Å². The largest absolute Gasteiger partial charge is 0.396 e. The zero-order valence-corrected chi connectivity index (χ0v) is 9.47. The minimum atomic E-state index is -0.113. The number of pyridine rings is 1. The van der Waals surface area contributed by atoms with E-state index in [2.05, 4.69) is 10.4 Å². The number of anilines is 1. The number of carbonyl (C=O) groups excluding carboxylic acids is 1. The lowest BCUT2D eigenvalue weighted by atomic mass is 10.1. The van der Waals surface area contributed by atoms with Gasteiger partial charge in [-0.2, -0.15) is 0 Å². The maximum Gasteiger partial charge on any atom is 0.272 e. The van der Waals surface area contributed by atoms with Crippen LogP contribution in [0.3, 0.4) is 0 Å². The first-order valence-corrected chi connectivity index (χ1v) is 5.57. The third kappa shape index (κ3) is 2.54. The summed E-state index contributed by atoms with van der Waals surface area (Å²) in [6.45, 7) is 1.39. The molecule has 0 spiro atoms. The molecule has 1 unspecified atom stereocenters. The van der Waals surface area contributed by atoms with Crippen LogP contribution in [0, 0.1) is 5.92 Å². The first-order chi connectivity index (χ1) is 8.24. The van der Waals surface area contributed by atoms with Crippen molar-refractivity contribution in [3.05, 3.63) is 24.0 Å². The number of aliphatic hydroxyl groups excluding tert-OH is 1. The van der Waals surface area contributed by atoms with Crippen LogP contribution in [-0.4, -0.2) is 40.6 Å². The van der Waals surface area contributed by atoms with Crippen molar-refractivity contribution in [3.8, 4) is 0 Å². The number of hydrazine groups is 1. The second-order valence-electron chi connectivity index (χ2n) is 4.16. The minimum Gasteiger partial charge on any atom is -0.396 e. The third-order valence-corrected chi connectivity index (χ3v) is 2.98. The van der Waals surface area contributed by atoms with Crippen LogP contribution in [-0.2, 0) is 0 Å². The summed E-state index contributed by atoms with van der Waals surface area (Å²) in [6.07, 6.45) is 2.39. The lowest BCUT2D eigenvalue weighted by Crippen LogP contribution is -2.30. The number of aromatic nitrogens is 1. The van der Waals surface area contributed by atoms with Gasteiger partial charge in [0.1, 0.15) is 5.69 Å². The summed E-state index contributed by atoms with van der Waals surface area (Å²) in [6, 6.07) is 3.31. The molecule has 2 rings (SSSR count). The molecule has 4 N–H and O–H groups in total. The summed E-state index contributed by atoms with van der Waals surface area (Å²) in [5.41, 5.74) is 3.51. The molecule has 0 aliphatic carbocycles. The Hall–Kier alpha value is -1.66. The number of carbonyl (C=O) groups is 1. The van der Waals surface area contributed by atoms with Crippen LogP contribution in [0.5, 0.6) is 0 Å². The molecule has 1 amide bonds. The standard InChI is InChI=1S/C11H16N4O2/c12-14-9-1-3-13-10(5-9)11(17)15-4-2-8(6-15)7-16/h1,3,5,8,16H,2,4,6-7,12H2,(H,13,14). The van der Waals surface area contributed by atoms with E-state index in [0.29, 0.717) is 24.5 Å². The number of likely N-dealkylation sites (tertiary alicyclic amines) is 1. The number of rotatable bonds is 3. The van der Waals surface area contributed by atoms with Crippen LogP contribution >= 0.6 is 0 Å². The van der Waals surface area contributed by atoms with Crippen LogP contribution in [0.1, 0.15) is 16.9 Å². The van der Waals surface area contributed by atoms with E-state index < -0.39 is 0 Å². The second-order valence-corrected chi connectivity index (χ2v) is 4.16. The Morgan fingerprint density at radius 1 is 1.71 bits per heavy atom. The van der Waals surface area contributed by atoms with Crippen molar-refractivity contribution in [2.45, 2.75) is 6.42 Å². The van der Waals surface area contributed by atoms with Crippen LogP contribution in [0.15, 0.2) is 18.3 Å². The molecule has 0 radical (unpaired) electrons. The van der Waals surface area contributed by atoms with Gasteiger partial charge in [-0.05, 0) is 18.6 Å². The summed E-state index contributed by atoms with van der Waals surface area (Å²) in [5.74, 6) is 5.36. The Labute approximate surface area is 99.4 Å². The van der Waals surface area contributed by atoms with Gasteiger partial charge in [0.2, 0.25) is 0 Å². The molecule has 1 aromatic heterocycles. The second kappa shape index (κ2) is 5.11. The van der Waals surface area contributed by atoms with Gasteiger partial charge >= 0.3 is 0 Å². The maximum atomic E-state index is 12.1. The third-order valence-electron chi connectivity index (χ3n) is 2.98. The topological polar surface area (TPSA) is 91.5 Å². The molecule has 17 heavy (non-hydrogen) atoms. The smallest absolute Gasteiger partial charge is 0.272 e. The van der Waals surface area contributed by atoms with Crippen molar-refractivity contribution in [1.82, 2.24) is 9.88 Å². The summed E-state index contributed by atoms with van der Waals surface area (Å²) in [4.78, 5) is 17.8. The van der Waals surface area contributed by atoms with Gasteiger partial charge in [-0.25, -0.2) is 0 Å². The van der Waals surface area contributed by atoms with Crippen molar-refractivity contribution in [1.29, 1.82) is 0 Å². The Morgan fingerprint density at radius 3 is 3.18 bits per heavy atom. The Morgan fingerprint density at radius 2 is 2.53 bits per heavy atom. The van der Waals surface area contributed by atoms with Crippen molar-refractivity contribution in [3.63, 3.8) is 0 Å². The van der Waals surface area contributed by atoms with E-state index in [1.54, 1.807) is 23.2 Å². The number of nitrogen functional groups attached to an aromatic ring is 1. The molecule has 1 aromatic rings. The lowest BCUT2D eigenvalue weighted by Gasteiger charge is -2.15. The van der Waals surface area contributed by atoms with Crippen LogP contribution in [0.2, 0.25) is 0 Å². The van der Waals surface area contributed by atoms with Gasteiger partial charge < -0.3 is 15.4 Å². The zero-order chi connectivity index (χ0) is 12.3. The molecule has 1 aliphatic rings. The summed E-state index contributed by atoms with van der Waals surface area (Å²) < 4.78 is 0. The van der Waals surface area contributed by atoms with Gasteiger partial charge in [-0.1, -0.05) is 0 Å². The predicted molar refractivity (Wildman–Crippen MR) is 63.1 cm³/mol. The molecule has 0 saturated carbocycles. The molecule has 92 valence electrons. The van der Waals surface area contributed by atoms with Crippen LogP contribution < -0.4 is 11.3 Å². The molecule has 0 aromatic carbocycles. The zero-order valence-electron chi connectivity index (χ0n) is 9.47. The Bertz CT molecular complexity index is 410. The number of nitrogens with zero attached hydrogens (tertiary/aromatic N) is 2. The first kappa shape index (κ1) is 11.8. The number of aliphatic hydroxyl groups is 1. The molecule has 1 fully saturated rings. The fraction of sp³-hybridized carbons (Fsp3) is 0.455. The molecule has 6 nitrogen and oxygen atoms in total. The van der Waals surface area contributed by atoms with Crippen LogP contribution in [0.25, 0.3) is 0 Å². The number of nitrogens with one attached hydrogen (secondary N) is 1. The number of amides is 1. The SMILES string of the molecule is NNc1ccnc(C(=O)N2CCC(CO)C2)c1. The van der Waals surface area contributed by atoms with Gasteiger partial charge in [0.05, 0.1) is 5.69 Å². The van der Waals surface area contributed by atoms with Gasteiger partial charge in [-0.3, -0.25) is 15.6 Å². The highest BCUT2D eigenvalue weighted by molar-refractivity contribution is 5.93. The minimum absolute atomic E-state index is 0.113. The fourth-order valence-electron chi connectivity index (χ4n) is 1.97. The maximum absolute atomic E-state index is 12.1. The number of hydrogen-bond donors (Lipinski definition) is 3. The number of nitrogens with two attached hydrogens (primary N) is 1. The monoisotopic (exact) mass is 236 g/mol. The van der Waals surface area contributed by atoms with Gasteiger partial charge in [0, 0.05) is 31.8 Å².